The molecule has 0 unspecified atom stereocenters. The maximum absolute atomic E-state index is 13.1. The summed E-state index contributed by atoms with van der Waals surface area (Å²) < 4.78 is 37.9. The molecular weight excluding hydrogens is 468 g/mol. The molecule has 0 aliphatic rings. The normalized spacial score (nSPS) is 11.5. The van der Waals surface area contributed by atoms with Gasteiger partial charge in [-0.15, -0.1) is 0 Å². The van der Waals surface area contributed by atoms with Gasteiger partial charge in [0.2, 0.25) is 10.0 Å². The number of aryl methyl sites for hydroxylation is 1. The van der Waals surface area contributed by atoms with Crippen molar-refractivity contribution in [2.75, 3.05) is 31.8 Å². The molecule has 0 aliphatic carbocycles. The molecule has 3 aromatic carbocycles. The van der Waals surface area contributed by atoms with E-state index < -0.39 is 15.9 Å². The van der Waals surface area contributed by atoms with Crippen molar-refractivity contribution in [1.82, 2.24) is 5.48 Å². The molecule has 0 atom stereocenters. The Labute approximate surface area is 204 Å². The molecule has 0 saturated heterocycles. The van der Waals surface area contributed by atoms with Gasteiger partial charge in [0.15, 0.2) is 0 Å². The Hall–Kier alpha value is -3.82. The third kappa shape index (κ3) is 4.60. The number of carbonyl (C=O) groups excluding carboxylic acids is 1. The van der Waals surface area contributed by atoms with E-state index in [-0.39, 0.29) is 5.56 Å². The van der Waals surface area contributed by atoms with E-state index >= 15 is 0 Å². The Morgan fingerprint density at radius 3 is 2.31 bits per heavy atom. The fourth-order valence-electron chi connectivity index (χ4n) is 3.93. The van der Waals surface area contributed by atoms with Crippen molar-refractivity contribution in [3.8, 4) is 28.2 Å². The average Bonchev–Trinajstić information content (AvgIpc) is 3.21. The average molecular weight is 495 g/mol. The zero-order valence-corrected chi connectivity index (χ0v) is 20.9. The second-order valence-corrected chi connectivity index (χ2v) is 10.1. The van der Waals surface area contributed by atoms with Crippen LogP contribution in [0.5, 0.6) is 5.75 Å². The molecule has 0 fully saturated rings. The van der Waals surface area contributed by atoms with Crippen LogP contribution < -0.4 is 14.5 Å². The predicted molar refractivity (Wildman–Crippen MR) is 136 cm³/mol. The first kappa shape index (κ1) is 24.3. The number of nitrogens with one attached hydrogen (secondary N) is 1. The van der Waals surface area contributed by atoms with E-state index in [1.54, 1.807) is 25.3 Å². The summed E-state index contributed by atoms with van der Waals surface area (Å²) in [4.78, 5) is 18.0. The van der Waals surface area contributed by atoms with E-state index in [4.69, 9.17) is 14.0 Å². The Bertz CT molecular complexity index is 1510. The van der Waals surface area contributed by atoms with Gasteiger partial charge in [-0.3, -0.25) is 13.9 Å². The van der Waals surface area contributed by atoms with Crippen molar-refractivity contribution in [3.63, 3.8) is 0 Å². The number of rotatable bonds is 7. The smallest absolute Gasteiger partial charge is 0.279 e. The molecule has 1 N–H and O–H groups in total. The monoisotopic (exact) mass is 494 g/mol. The van der Waals surface area contributed by atoms with Crippen LogP contribution >= 0.6 is 0 Å². The molecule has 8 nitrogen and oxygen atoms in total. The minimum Gasteiger partial charge on any atom is -0.496 e. The number of benzene rings is 3. The number of carbonyl (C=O) groups is 1. The Kier molecular flexibility index (Phi) is 6.56. The van der Waals surface area contributed by atoms with Crippen LogP contribution in [0.15, 0.2) is 65.1 Å². The Balaban J connectivity index is 2.10. The molecule has 4 rings (SSSR count). The van der Waals surface area contributed by atoms with Crippen LogP contribution in [-0.4, -0.2) is 41.8 Å². The SMILES string of the molecule is CONC(=O)c1c(-c2ccc(C)cc2)oc2cc(N(C)S(C)(=O)=O)c(-c3ccccc3OC)cc12. The highest BCUT2D eigenvalue weighted by atomic mass is 32.2. The van der Waals surface area contributed by atoms with Gasteiger partial charge in [0.05, 0.1) is 31.7 Å². The molecule has 0 saturated carbocycles. The molecule has 0 bridgehead atoms. The first-order valence-electron chi connectivity index (χ1n) is 10.7. The number of amides is 1. The molecule has 9 heteroatoms. The van der Waals surface area contributed by atoms with Gasteiger partial charge >= 0.3 is 0 Å². The third-order valence-corrected chi connectivity index (χ3v) is 6.97. The van der Waals surface area contributed by atoms with Crippen LogP contribution in [0.4, 0.5) is 5.69 Å². The number of fused-ring (bicyclic) bond motifs is 1. The van der Waals surface area contributed by atoms with Crippen LogP contribution in [0.25, 0.3) is 33.4 Å². The predicted octanol–water partition coefficient (Wildman–Crippen LogP) is 4.77. The van der Waals surface area contributed by atoms with E-state index in [1.807, 2.05) is 49.4 Å². The largest absolute Gasteiger partial charge is 0.496 e. The molecule has 35 heavy (non-hydrogen) atoms. The zero-order valence-electron chi connectivity index (χ0n) is 20.1. The zero-order chi connectivity index (χ0) is 25.3. The standard InChI is InChI=1S/C26H26N2O6S/c1-16-10-12-17(13-11-16)25-24(26(29)27-33-4)20-14-19(18-8-6-7-9-22(18)32-3)21(15-23(20)34-25)28(2)35(5,30)31/h6-15H,1-5H3,(H,27,29). The second kappa shape index (κ2) is 9.44. The van der Waals surface area contributed by atoms with Crippen LogP contribution in [0.2, 0.25) is 0 Å². The molecule has 1 heterocycles. The Morgan fingerprint density at radius 2 is 1.69 bits per heavy atom. The lowest BCUT2D eigenvalue weighted by Gasteiger charge is -2.21. The van der Waals surface area contributed by atoms with Crippen LogP contribution in [0.3, 0.4) is 0 Å². The highest BCUT2D eigenvalue weighted by Crippen LogP contribution is 2.43. The summed E-state index contributed by atoms with van der Waals surface area (Å²) in [6.45, 7) is 1.97. The number of nitrogens with zero attached hydrogens (tertiary/aromatic N) is 1. The molecule has 0 aliphatic heterocycles. The number of sulfonamides is 1. The van der Waals surface area contributed by atoms with Crippen LogP contribution in [-0.2, 0) is 14.9 Å². The second-order valence-electron chi connectivity index (χ2n) is 8.10. The quantitative estimate of drug-likeness (QED) is 0.372. The molecule has 1 amide bonds. The number of anilines is 1. The van der Waals surface area contributed by atoms with E-state index in [1.165, 1.54) is 18.5 Å². The summed E-state index contributed by atoms with van der Waals surface area (Å²) in [5.41, 5.74) is 6.37. The van der Waals surface area contributed by atoms with Crippen molar-refractivity contribution >= 4 is 32.6 Å². The summed E-state index contributed by atoms with van der Waals surface area (Å²) in [5, 5.41) is 0.502. The lowest BCUT2D eigenvalue weighted by atomic mass is 9.98. The highest BCUT2D eigenvalue weighted by molar-refractivity contribution is 7.92. The molecule has 182 valence electrons. The molecule has 0 spiro atoms. The number of furan rings is 1. The molecule has 0 radical (unpaired) electrons. The Morgan fingerprint density at radius 1 is 1.00 bits per heavy atom. The van der Waals surface area contributed by atoms with Gasteiger partial charge in [-0.05, 0) is 19.1 Å². The van der Waals surface area contributed by atoms with Gasteiger partial charge in [0.25, 0.3) is 5.91 Å². The summed E-state index contributed by atoms with van der Waals surface area (Å²) in [7, 11) is 0.758. The maximum Gasteiger partial charge on any atom is 0.279 e. The lowest BCUT2D eigenvalue weighted by Crippen LogP contribution is -2.25. The molecule has 1 aromatic heterocycles. The van der Waals surface area contributed by atoms with Gasteiger partial charge in [-0.1, -0.05) is 48.0 Å². The number of hydrogen-bond donors (Lipinski definition) is 1. The molecule has 4 aromatic rings. The van der Waals surface area contributed by atoms with E-state index in [0.717, 1.165) is 11.8 Å². The maximum atomic E-state index is 13.1. The number of hydrogen-bond acceptors (Lipinski definition) is 6. The fraction of sp³-hybridized carbons (Fsp3) is 0.192. The summed E-state index contributed by atoms with van der Waals surface area (Å²) in [5.74, 6) is 0.414. The number of methoxy groups -OCH3 is 1. The lowest BCUT2D eigenvalue weighted by molar-refractivity contribution is 0.0539. The van der Waals surface area contributed by atoms with E-state index in [9.17, 15) is 13.2 Å². The minimum absolute atomic E-state index is 0.274. The van der Waals surface area contributed by atoms with E-state index in [0.29, 0.717) is 44.9 Å². The van der Waals surface area contributed by atoms with Gasteiger partial charge < -0.3 is 9.15 Å². The van der Waals surface area contributed by atoms with Crippen LogP contribution in [0, 0.1) is 6.92 Å². The van der Waals surface area contributed by atoms with Gasteiger partial charge in [0, 0.05) is 35.2 Å². The van der Waals surface area contributed by atoms with Crippen molar-refractivity contribution in [2.24, 2.45) is 0 Å². The summed E-state index contributed by atoms with van der Waals surface area (Å²) in [6, 6.07) is 18.2. The number of ether oxygens (including phenoxy) is 1. The van der Waals surface area contributed by atoms with Gasteiger partial charge in [-0.25, -0.2) is 13.9 Å². The summed E-state index contributed by atoms with van der Waals surface area (Å²) in [6.07, 6.45) is 1.13. The highest BCUT2D eigenvalue weighted by Gasteiger charge is 2.27. The topological polar surface area (TPSA) is 98.1 Å². The van der Waals surface area contributed by atoms with Gasteiger partial charge in [-0.2, -0.15) is 0 Å². The first-order chi connectivity index (χ1) is 16.7. The van der Waals surface area contributed by atoms with Crippen molar-refractivity contribution in [1.29, 1.82) is 0 Å². The van der Waals surface area contributed by atoms with Crippen LogP contribution in [0.1, 0.15) is 15.9 Å². The fourth-order valence-corrected chi connectivity index (χ4v) is 4.44. The van der Waals surface area contributed by atoms with Crippen molar-refractivity contribution < 1.29 is 27.2 Å². The number of para-hydroxylation sites is 1. The number of hydroxylamine groups is 1. The van der Waals surface area contributed by atoms with Crippen molar-refractivity contribution in [2.45, 2.75) is 6.92 Å². The first-order valence-corrected chi connectivity index (χ1v) is 12.6. The molecular formula is C26H26N2O6S. The van der Waals surface area contributed by atoms with E-state index in [2.05, 4.69) is 5.48 Å². The van der Waals surface area contributed by atoms with Crippen molar-refractivity contribution in [3.05, 3.63) is 71.8 Å². The van der Waals surface area contributed by atoms with Gasteiger partial charge in [0.1, 0.15) is 17.1 Å². The third-order valence-electron chi connectivity index (χ3n) is 5.78. The summed E-state index contributed by atoms with van der Waals surface area (Å²) >= 11 is 0. The minimum atomic E-state index is -3.61.